The lowest BCUT2D eigenvalue weighted by Gasteiger charge is -2.24. The van der Waals surface area contributed by atoms with E-state index in [2.05, 4.69) is 18.7 Å². The molecular weight excluding hydrogens is 222 g/mol. The summed E-state index contributed by atoms with van der Waals surface area (Å²) in [6, 6.07) is 3.53. The molecule has 5 nitrogen and oxygen atoms in total. The SMILES string of the molecule is COCCN(Cc1ccc(C(=O)O)o1)C(C)C. The molecule has 0 atom stereocenters. The molecule has 1 N–H and O–H groups in total. The molecule has 0 spiro atoms. The second kappa shape index (κ2) is 6.42. The van der Waals surface area contributed by atoms with E-state index in [-0.39, 0.29) is 5.76 Å². The Morgan fingerprint density at radius 1 is 1.53 bits per heavy atom. The third-order valence-corrected chi connectivity index (χ3v) is 2.54. The van der Waals surface area contributed by atoms with Crippen LogP contribution in [0.5, 0.6) is 0 Å². The summed E-state index contributed by atoms with van der Waals surface area (Å²) < 4.78 is 10.3. The molecule has 17 heavy (non-hydrogen) atoms. The Morgan fingerprint density at radius 3 is 2.71 bits per heavy atom. The lowest BCUT2D eigenvalue weighted by molar-refractivity contribution is 0.0655. The number of carboxylic acid groups (broad SMARTS) is 1. The molecule has 0 amide bonds. The first-order valence-corrected chi connectivity index (χ1v) is 5.59. The van der Waals surface area contributed by atoms with Crippen LogP contribution in [0.15, 0.2) is 16.5 Å². The van der Waals surface area contributed by atoms with E-state index in [1.807, 2.05) is 0 Å². The van der Waals surface area contributed by atoms with Gasteiger partial charge in [0.2, 0.25) is 5.76 Å². The predicted molar refractivity (Wildman–Crippen MR) is 63.1 cm³/mol. The zero-order valence-electron chi connectivity index (χ0n) is 10.5. The molecule has 0 saturated heterocycles. The Labute approximate surface area is 101 Å². The number of hydrogen-bond acceptors (Lipinski definition) is 4. The Morgan fingerprint density at radius 2 is 2.24 bits per heavy atom. The van der Waals surface area contributed by atoms with Gasteiger partial charge >= 0.3 is 5.97 Å². The van der Waals surface area contributed by atoms with Crippen LogP contribution in [-0.4, -0.2) is 42.3 Å². The first-order chi connectivity index (χ1) is 8.04. The van der Waals surface area contributed by atoms with Crippen LogP contribution in [0, 0.1) is 0 Å². The Balaban J connectivity index is 2.61. The van der Waals surface area contributed by atoms with Crippen molar-refractivity contribution >= 4 is 5.97 Å². The quantitative estimate of drug-likeness (QED) is 0.789. The van der Waals surface area contributed by atoms with E-state index in [9.17, 15) is 4.79 Å². The van der Waals surface area contributed by atoms with Crippen molar-refractivity contribution in [3.8, 4) is 0 Å². The second-order valence-electron chi connectivity index (χ2n) is 4.13. The summed E-state index contributed by atoms with van der Waals surface area (Å²) in [6.07, 6.45) is 0. The number of aromatic carboxylic acids is 1. The van der Waals surface area contributed by atoms with Gasteiger partial charge in [0.05, 0.1) is 13.2 Å². The Bertz CT molecular complexity index is 359. The number of methoxy groups -OCH3 is 1. The molecule has 0 aliphatic heterocycles. The smallest absolute Gasteiger partial charge is 0.371 e. The zero-order chi connectivity index (χ0) is 12.8. The molecule has 1 aromatic rings. The fraction of sp³-hybridized carbons (Fsp3) is 0.583. The third-order valence-electron chi connectivity index (χ3n) is 2.54. The monoisotopic (exact) mass is 241 g/mol. The summed E-state index contributed by atoms with van der Waals surface area (Å²) in [6.45, 7) is 6.18. The highest BCUT2D eigenvalue weighted by molar-refractivity contribution is 5.84. The van der Waals surface area contributed by atoms with Crippen molar-refractivity contribution in [2.45, 2.75) is 26.4 Å². The lowest BCUT2D eigenvalue weighted by atomic mass is 10.3. The minimum atomic E-state index is -1.04. The van der Waals surface area contributed by atoms with Crippen molar-refractivity contribution in [1.82, 2.24) is 4.90 Å². The van der Waals surface area contributed by atoms with Gasteiger partial charge in [0.1, 0.15) is 5.76 Å². The molecule has 0 bridgehead atoms. The number of nitrogens with zero attached hydrogens (tertiary/aromatic N) is 1. The van der Waals surface area contributed by atoms with E-state index in [0.717, 1.165) is 6.54 Å². The van der Waals surface area contributed by atoms with Crippen LogP contribution in [0.4, 0.5) is 0 Å². The van der Waals surface area contributed by atoms with E-state index in [0.29, 0.717) is 25.0 Å². The van der Waals surface area contributed by atoms with E-state index < -0.39 is 5.97 Å². The van der Waals surface area contributed by atoms with Crippen LogP contribution < -0.4 is 0 Å². The van der Waals surface area contributed by atoms with Crippen molar-refractivity contribution in [3.63, 3.8) is 0 Å². The molecular formula is C12H19NO4. The van der Waals surface area contributed by atoms with Gasteiger partial charge in [-0.2, -0.15) is 0 Å². The van der Waals surface area contributed by atoms with E-state index in [1.165, 1.54) is 6.07 Å². The van der Waals surface area contributed by atoms with Crippen molar-refractivity contribution in [3.05, 3.63) is 23.7 Å². The standard InChI is InChI=1S/C12H19NO4/c1-9(2)13(6-7-16-3)8-10-4-5-11(17-10)12(14)15/h4-5,9H,6-8H2,1-3H3,(H,14,15). The largest absolute Gasteiger partial charge is 0.475 e. The minimum absolute atomic E-state index is 0.0181. The van der Waals surface area contributed by atoms with Gasteiger partial charge in [-0.25, -0.2) is 4.79 Å². The number of ether oxygens (including phenoxy) is 1. The molecule has 0 unspecified atom stereocenters. The van der Waals surface area contributed by atoms with Crippen LogP contribution in [0.1, 0.15) is 30.2 Å². The number of carbonyl (C=O) groups is 1. The van der Waals surface area contributed by atoms with E-state index in [4.69, 9.17) is 14.3 Å². The molecule has 0 aliphatic carbocycles. The maximum atomic E-state index is 10.7. The first kappa shape index (κ1) is 13.7. The molecule has 0 aliphatic rings. The van der Waals surface area contributed by atoms with Gasteiger partial charge in [-0.05, 0) is 26.0 Å². The van der Waals surface area contributed by atoms with Crippen molar-refractivity contribution in [2.24, 2.45) is 0 Å². The molecule has 0 saturated carbocycles. The van der Waals surface area contributed by atoms with Crippen molar-refractivity contribution in [2.75, 3.05) is 20.3 Å². The average Bonchev–Trinajstić information content (AvgIpc) is 2.72. The molecule has 1 heterocycles. The summed E-state index contributed by atoms with van der Waals surface area (Å²) in [5.41, 5.74) is 0. The molecule has 5 heteroatoms. The van der Waals surface area contributed by atoms with Gasteiger partial charge in [0.25, 0.3) is 0 Å². The minimum Gasteiger partial charge on any atom is -0.475 e. The van der Waals surface area contributed by atoms with Crippen LogP contribution in [0.25, 0.3) is 0 Å². The van der Waals surface area contributed by atoms with Crippen LogP contribution in [0.3, 0.4) is 0 Å². The van der Waals surface area contributed by atoms with Gasteiger partial charge < -0.3 is 14.3 Å². The van der Waals surface area contributed by atoms with Crippen LogP contribution >= 0.6 is 0 Å². The molecule has 1 aromatic heterocycles. The number of hydrogen-bond donors (Lipinski definition) is 1. The Kier molecular flexibility index (Phi) is 5.18. The van der Waals surface area contributed by atoms with Crippen LogP contribution in [-0.2, 0) is 11.3 Å². The highest BCUT2D eigenvalue weighted by Gasteiger charge is 2.14. The molecule has 0 aromatic carbocycles. The Hall–Kier alpha value is -1.33. The van der Waals surface area contributed by atoms with Gasteiger partial charge in [0.15, 0.2) is 0 Å². The van der Waals surface area contributed by atoms with Crippen LogP contribution in [0.2, 0.25) is 0 Å². The molecule has 0 fully saturated rings. The van der Waals surface area contributed by atoms with Gasteiger partial charge in [-0.1, -0.05) is 0 Å². The second-order valence-corrected chi connectivity index (χ2v) is 4.13. The van der Waals surface area contributed by atoms with Gasteiger partial charge in [0, 0.05) is 19.7 Å². The third kappa shape index (κ3) is 4.20. The van der Waals surface area contributed by atoms with E-state index in [1.54, 1.807) is 13.2 Å². The molecule has 0 radical (unpaired) electrons. The number of rotatable bonds is 7. The van der Waals surface area contributed by atoms with E-state index >= 15 is 0 Å². The highest BCUT2D eigenvalue weighted by atomic mass is 16.5. The summed E-state index contributed by atoms with van der Waals surface area (Å²) in [5, 5.41) is 8.76. The summed E-state index contributed by atoms with van der Waals surface area (Å²) in [5.74, 6) is -0.396. The summed E-state index contributed by atoms with van der Waals surface area (Å²) >= 11 is 0. The van der Waals surface area contributed by atoms with Crippen molar-refractivity contribution < 1.29 is 19.1 Å². The number of carboxylic acids is 1. The van der Waals surface area contributed by atoms with Gasteiger partial charge in [-0.3, -0.25) is 4.90 Å². The topological polar surface area (TPSA) is 62.9 Å². The first-order valence-electron chi connectivity index (χ1n) is 5.59. The molecule has 1 rings (SSSR count). The fourth-order valence-electron chi connectivity index (χ4n) is 1.51. The van der Waals surface area contributed by atoms with Gasteiger partial charge in [-0.15, -0.1) is 0 Å². The zero-order valence-corrected chi connectivity index (χ0v) is 10.5. The molecule has 96 valence electrons. The van der Waals surface area contributed by atoms with Crippen molar-refractivity contribution in [1.29, 1.82) is 0 Å². The maximum Gasteiger partial charge on any atom is 0.371 e. The summed E-state index contributed by atoms with van der Waals surface area (Å²) in [4.78, 5) is 12.8. The fourth-order valence-corrected chi connectivity index (χ4v) is 1.51. The highest BCUT2D eigenvalue weighted by Crippen LogP contribution is 2.12. The maximum absolute atomic E-state index is 10.7. The lowest BCUT2D eigenvalue weighted by Crippen LogP contribution is -2.33. The normalized spacial score (nSPS) is 11.4. The average molecular weight is 241 g/mol. The summed E-state index contributed by atoms with van der Waals surface area (Å²) in [7, 11) is 1.66. The predicted octanol–water partition coefficient (Wildman–Crippen LogP) is 1.83. The number of furan rings is 1.